The molecule has 0 aliphatic carbocycles. The van der Waals surface area contributed by atoms with Crippen LogP contribution in [0.1, 0.15) is 18.7 Å². The summed E-state index contributed by atoms with van der Waals surface area (Å²) < 4.78 is 12.5. The maximum atomic E-state index is 12.5. The normalized spacial score (nSPS) is 14.8. The summed E-state index contributed by atoms with van der Waals surface area (Å²) in [4.78, 5) is 14.3. The van der Waals surface area contributed by atoms with Crippen LogP contribution < -0.4 is 5.73 Å². The van der Waals surface area contributed by atoms with Gasteiger partial charge in [0.1, 0.15) is 5.82 Å². The molecule has 0 bridgehead atoms. The summed E-state index contributed by atoms with van der Waals surface area (Å²) in [6.07, 6.45) is 1.02. The monoisotopic (exact) mass is 198 g/mol. The van der Waals surface area contributed by atoms with Gasteiger partial charge in [-0.25, -0.2) is 4.39 Å². The van der Waals surface area contributed by atoms with Crippen molar-refractivity contribution in [3.8, 4) is 0 Å². The topological polar surface area (TPSA) is 76.2 Å². The van der Waals surface area contributed by atoms with Crippen molar-refractivity contribution in [1.82, 2.24) is 4.98 Å². The van der Waals surface area contributed by atoms with Gasteiger partial charge in [-0.3, -0.25) is 9.78 Å². The van der Waals surface area contributed by atoms with E-state index in [1.54, 1.807) is 0 Å². The molecular weight excluding hydrogens is 187 g/mol. The van der Waals surface area contributed by atoms with Gasteiger partial charge >= 0.3 is 5.97 Å². The molecule has 14 heavy (non-hydrogen) atoms. The smallest absolute Gasteiger partial charge is 0.308 e. The predicted molar refractivity (Wildman–Crippen MR) is 47.9 cm³/mol. The number of pyridine rings is 1. The fourth-order valence-corrected chi connectivity index (χ4v) is 0.994. The molecule has 1 aromatic rings. The van der Waals surface area contributed by atoms with E-state index in [1.807, 2.05) is 0 Å². The van der Waals surface area contributed by atoms with Crippen molar-refractivity contribution in [2.45, 2.75) is 13.0 Å². The Kier molecular flexibility index (Phi) is 3.14. The highest BCUT2D eigenvalue weighted by Crippen LogP contribution is 2.17. The van der Waals surface area contributed by atoms with Crippen LogP contribution in [0.15, 0.2) is 18.3 Å². The van der Waals surface area contributed by atoms with Crippen LogP contribution in [-0.4, -0.2) is 16.1 Å². The van der Waals surface area contributed by atoms with Crippen LogP contribution >= 0.6 is 0 Å². The summed E-state index contributed by atoms with van der Waals surface area (Å²) in [5.74, 6) is -2.21. The van der Waals surface area contributed by atoms with Gasteiger partial charge in [0, 0.05) is 0 Å². The van der Waals surface area contributed by atoms with Gasteiger partial charge < -0.3 is 10.8 Å². The van der Waals surface area contributed by atoms with Crippen LogP contribution in [0.5, 0.6) is 0 Å². The SMILES string of the molecule is CC(C(=O)O)C(N)c1ccc(F)cn1. The van der Waals surface area contributed by atoms with Crippen molar-refractivity contribution >= 4 is 5.97 Å². The van der Waals surface area contributed by atoms with Gasteiger partial charge in [0.05, 0.1) is 23.9 Å². The fourth-order valence-electron chi connectivity index (χ4n) is 0.994. The highest BCUT2D eigenvalue weighted by molar-refractivity contribution is 5.70. The molecule has 1 rings (SSSR count). The van der Waals surface area contributed by atoms with Gasteiger partial charge in [-0.05, 0) is 12.1 Å². The van der Waals surface area contributed by atoms with E-state index in [2.05, 4.69) is 4.98 Å². The standard InChI is InChI=1S/C9H11FN2O2/c1-5(9(13)14)8(11)7-3-2-6(10)4-12-7/h2-5,8H,11H2,1H3,(H,13,14). The number of hydrogen-bond donors (Lipinski definition) is 2. The van der Waals surface area contributed by atoms with E-state index in [9.17, 15) is 9.18 Å². The molecule has 0 aromatic carbocycles. The molecule has 5 heteroatoms. The maximum Gasteiger partial charge on any atom is 0.308 e. The molecule has 0 saturated heterocycles. The number of halogens is 1. The highest BCUT2D eigenvalue weighted by atomic mass is 19.1. The number of aliphatic carboxylic acids is 1. The number of carbonyl (C=O) groups is 1. The first kappa shape index (κ1) is 10.6. The molecule has 0 spiro atoms. The Morgan fingerprint density at radius 3 is 2.71 bits per heavy atom. The Balaban J connectivity index is 2.84. The quantitative estimate of drug-likeness (QED) is 0.757. The van der Waals surface area contributed by atoms with E-state index in [4.69, 9.17) is 10.8 Å². The van der Waals surface area contributed by atoms with Gasteiger partial charge in [-0.15, -0.1) is 0 Å². The number of nitrogens with zero attached hydrogens (tertiary/aromatic N) is 1. The van der Waals surface area contributed by atoms with Crippen LogP contribution in [0.2, 0.25) is 0 Å². The lowest BCUT2D eigenvalue weighted by molar-refractivity contribution is -0.141. The van der Waals surface area contributed by atoms with Gasteiger partial charge in [0.2, 0.25) is 0 Å². The van der Waals surface area contributed by atoms with Crippen molar-refractivity contribution in [1.29, 1.82) is 0 Å². The summed E-state index contributed by atoms with van der Waals surface area (Å²) in [6.45, 7) is 1.48. The van der Waals surface area contributed by atoms with E-state index >= 15 is 0 Å². The van der Waals surface area contributed by atoms with E-state index in [0.29, 0.717) is 5.69 Å². The van der Waals surface area contributed by atoms with E-state index in [-0.39, 0.29) is 0 Å². The third kappa shape index (κ3) is 2.26. The van der Waals surface area contributed by atoms with E-state index in [0.717, 1.165) is 6.20 Å². The molecule has 4 nitrogen and oxygen atoms in total. The first-order valence-electron chi connectivity index (χ1n) is 4.12. The second-order valence-electron chi connectivity index (χ2n) is 3.05. The van der Waals surface area contributed by atoms with Crippen molar-refractivity contribution in [2.24, 2.45) is 11.7 Å². The summed E-state index contributed by atoms with van der Waals surface area (Å²) in [6, 6.07) is 1.88. The Labute approximate surface area is 80.6 Å². The van der Waals surface area contributed by atoms with Gasteiger partial charge in [0.25, 0.3) is 0 Å². The second-order valence-corrected chi connectivity index (χ2v) is 3.05. The van der Waals surface area contributed by atoms with Gasteiger partial charge in [-0.2, -0.15) is 0 Å². The lowest BCUT2D eigenvalue weighted by Gasteiger charge is -2.14. The molecule has 2 atom stereocenters. The molecule has 0 radical (unpaired) electrons. The minimum Gasteiger partial charge on any atom is -0.481 e. The fraction of sp³-hybridized carbons (Fsp3) is 0.333. The molecule has 76 valence electrons. The predicted octanol–water partition coefficient (Wildman–Crippen LogP) is 0.941. The number of carboxylic acid groups (broad SMARTS) is 1. The summed E-state index contributed by atoms with van der Waals surface area (Å²) in [7, 11) is 0. The molecule has 3 N–H and O–H groups in total. The number of hydrogen-bond acceptors (Lipinski definition) is 3. The number of carboxylic acids is 1. The number of rotatable bonds is 3. The Bertz CT molecular complexity index is 326. The lowest BCUT2D eigenvalue weighted by Crippen LogP contribution is -2.26. The van der Waals surface area contributed by atoms with Crippen molar-refractivity contribution in [3.63, 3.8) is 0 Å². The zero-order valence-electron chi connectivity index (χ0n) is 7.64. The molecule has 0 aliphatic rings. The van der Waals surface area contributed by atoms with E-state index < -0.39 is 23.7 Å². The van der Waals surface area contributed by atoms with Gasteiger partial charge in [-0.1, -0.05) is 6.92 Å². The summed E-state index contributed by atoms with van der Waals surface area (Å²) in [5.41, 5.74) is 6.00. The largest absolute Gasteiger partial charge is 0.481 e. The summed E-state index contributed by atoms with van der Waals surface area (Å²) in [5, 5.41) is 8.69. The van der Waals surface area contributed by atoms with Crippen LogP contribution in [-0.2, 0) is 4.79 Å². The Hall–Kier alpha value is -1.49. The van der Waals surface area contributed by atoms with Gasteiger partial charge in [0.15, 0.2) is 0 Å². The molecule has 0 saturated carbocycles. The third-order valence-corrected chi connectivity index (χ3v) is 2.02. The lowest BCUT2D eigenvalue weighted by atomic mass is 10.00. The number of aromatic nitrogens is 1. The highest BCUT2D eigenvalue weighted by Gasteiger charge is 2.22. The molecule has 0 amide bonds. The zero-order valence-corrected chi connectivity index (χ0v) is 7.64. The number of nitrogens with two attached hydrogens (primary N) is 1. The van der Waals surface area contributed by atoms with Crippen LogP contribution in [0.25, 0.3) is 0 Å². The van der Waals surface area contributed by atoms with Crippen LogP contribution in [0.4, 0.5) is 4.39 Å². The minimum absolute atomic E-state index is 0.376. The van der Waals surface area contributed by atoms with E-state index in [1.165, 1.54) is 19.1 Å². The van der Waals surface area contributed by atoms with Crippen LogP contribution in [0.3, 0.4) is 0 Å². The van der Waals surface area contributed by atoms with Crippen molar-refractivity contribution in [2.75, 3.05) is 0 Å². The minimum atomic E-state index is -0.997. The van der Waals surface area contributed by atoms with Crippen molar-refractivity contribution < 1.29 is 14.3 Å². The average molecular weight is 198 g/mol. The first-order chi connectivity index (χ1) is 6.52. The first-order valence-corrected chi connectivity index (χ1v) is 4.12. The zero-order chi connectivity index (χ0) is 10.7. The molecular formula is C9H11FN2O2. The third-order valence-electron chi connectivity index (χ3n) is 2.02. The Morgan fingerprint density at radius 1 is 1.64 bits per heavy atom. The molecule has 1 aromatic heterocycles. The summed E-state index contributed by atoms with van der Waals surface area (Å²) >= 11 is 0. The molecule has 0 fully saturated rings. The second kappa shape index (κ2) is 4.15. The molecule has 0 aliphatic heterocycles. The van der Waals surface area contributed by atoms with Crippen molar-refractivity contribution in [3.05, 3.63) is 29.8 Å². The average Bonchev–Trinajstić information content (AvgIpc) is 2.16. The Morgan fingerprint density at radius 2 is 2.29 bits per heavy atom. The molecule has 2 unspecified atom stereocenters. The molecule has 1 heterocycles. The van der Waals surface area contributed by atoms with Crippen LogP contribution in [0, 0.1) is 11.7 Å². The maximum absolute atomic E-state index is 12.5.